The minimum absolute atomic E-state index is 0.213. The van der Waals surface area contributed by atoms with Gasteiger partial charge in [0.15, 0.2) is 0 Å². The number of β-amino-alcohol motifs (C(OH)–C–C–N with tert-alkyl or cyclic N) is 1. The molecule has 0 radical (unpaired) electrons. The number of benzene rings is 2. The average molecular weight is 343 g/mol. The highest BCUT2D eigenvalue weighted by Crippen LogP contribution is 2.32. The second-order valence-electron chi connectivity index (χ2n) is 6.94. The van der Waals surface area contributed by atoms with E-state index in [-0.39, 0.29) is 18.5 Å². The Morgan fingerprint density at radius 2 is 1.96 bits per heavy atom. The first-order valence-corrected chi connectivity index (χ1v) is 8.90. The molecule has 3 nitrogen and oxygen atoms in total. The molecule has 0 spiro atoms. The zero-order valence-electron chi connectivity index (χ0n) is 14.9. The molecule has 1 heterocycles. The molecule has 3 rings (SSSR count). The first kappa shape index (κ1) is 17.9. The Kier molecular flexibility index (Phi) is 5.71. The van der Waals surface area contributed by atoms with E-state index in [1.807, 2.05) is 38.1 Å². The molecule has 0 saturated carbocycles. The SMILES string of the molecule is Cc1ccc(C)c(OCC(O)CN2CCCC2c2ccc(F)cc2)c1. The molecule has 0 amide bonds. The highest BCUT2D eigenvalue weighted by Gasteiger charge is 2.27. The van der Waals surface area contributed by atoms with E-state index in [1.54, 1.807) is 0 Å². The van der Waals surface area contributed by atoms with Crippen LogP contribution in [0.1, 0.15) is 35.6 Å². The number of hydrogen-bond donors (Lipinski definition) is 1. The van der Waals surface area contributed by atoms with Gasteiger partial charge in [-0.1, -0.05) is 24.3 Å². The average Bonchev–Trinajstić information content (AvgIpc) is 3.04. The number of aliphatic hydroxyl groups excluding tert-OH is 1. The van der Waals surface area contributed by atoms with Gasteiger partial charge in [0, 0.05) is 12.6 Å². The van der Waals surface area contributed by atoms with E-state index in [2.05, 4.69) is 11.0 Å². The quantitative estimate of drug-likeness (QED) is 0.860. The summed E-state index contributed by atoms with van der Waals surface area (Å²) in [7, 11) is 0. The number of rotatable bonds is 6. The summed E-state index contributed by atoms with van der Waals surface area (Å²) < 4.78 is 19.0. The van der Waals surface area contributed by atoms with Crippen LogP contribution in [0.4, 0.5) is 4.39 Å². The summed E-state index contributed by atoms with van der Waals surface area (Å²) in [5, 5.41) is 10.4. The van der Waals surface area contributed by atoms with E-state index in [4.69, 9.17) is 4.74 Å². The summed E-state index contributed by atoms with van der Waals surface area (Å²) in [6, 6.07) is 13.0. The summed E-state index contributed by atoms with van der Waals surface area (Å²) in [5.41, 5.74) is 3.33. The maximum absolute atomic E-state index is 13.1. The Morgan fingerprint density at radius 3 is 2.72 bits per heavy atom. The lowest BCUT2D eigenvalue weighted by Crippen LogP contribution is -2.35. The summed E-state index contributed by atoms with van der Waals surface area (Å²) in [4.78, 5) is 2.27. The van der Waals surface area contributed by atoms with Crippen LogP contribution >= 0.6 is 0 Å². The number of likely N-dealkylation sites (tertiary alicyclic amines) is 1. The van der Waals surface area contributed by atoms with Crippen molar-refractivity contribution in [2.75, 3.05) is 19.7 Å². The highest BCUT2D eigenvalue weighted by atomic mass is 19.1. The number of aliphatic hydroxyl groups is 1. The van der Waals surface area contributed by atoms with E-state index in [0.717, 1.165) is 41.8 Å². The van der Waals surface area contributed by atoms with Crippen molar-refractivity contribution in [2.45, 2.75) is 38.8 Å². The van der Waals surface area contributed by atoms with Crippen LogP contribution in [-0.2, 0) is 0 Å². The van der Waals surface area contributed by atoms with Crippen LogP contribution in [0.3, 0.4) is 0 Å². The lowest BCUT2D eigenvalue weighted by molar-refractivity contribution is 0.0636. The van der Waals surface area contributed by atoms with Crippen LogP contribution in [0, 0.1) is 19.7 Å². The minimum atomic E-state index is -0.555. The molecule has 1 saturated heterocycles. The number of aryl methyl sites for hydroxylation is 2. The zero-order chi connectivity index (χ0) is 17.8. The van der Waals surface area contributed by atoms with Gasteiger partial charge in [0.2, 0.25) is 0 Å². The molecule has 2 aromatic rings. The van der Waals surface area contributed by atoms with Crippen molar-refractivity contribution in [3.05, 3.63) is 65.0 Å². The van der Waals surface area contributed by atoms with Crippen LogP contribution in [0.25, 0.3) is 0 Å². The Labute approximate surface area is 149 Å². The maximum atomic E-state index is 13.1. The predicted octanol–water partition coefficient (Wildman–Crippen LogP) is 4.02. The van der Waals surface area contributed by atoms with Crippen LogP contribution in [-0.4, -0.2) is 35.8 Å². The molecule has 0 aliphatic carbocycles. The third-order valence-corrected chi connectivity index (χ3v) is 4.84. The Hall–Kier alpha value is -1.91. The van der Waals surface area contributed by atoms with Crippen LogP contribution < -0.4 is 4.74 Å². The molecule has 1 aliphatic heterocycles. The van der Waals surface area contributed by atoms with Gasteiger partial charge in [-0.2, -0.15) is 0 Å². The Bertz CT molecular complexity index is 702. The first-order chi connectivity index (χ1) is 12.0. The van der Waals surface area contributed by atoms with Gasteiger partial charge in [-0.05, 0) is 68.1 Å². The van der Waals surface area contributed by atoms with Gasteiger partial charge in [-0.15, -0.1) is 0 Å². The molecule has 4 heteroatoms. The van der Waals surface area contributed by atoms with Gasteiger partial charge in [-0.3, -0.25) is 4.90 Å². The van der Waals surface area contributed by atoms with Gasteiger partial charge in [0.05, 0.1) is 0 Å². The van der Waals surface area contributed by atoms with Gasteiger partial charge in [-0.25, -0.2) is 4.39 Å². The predicted molar refractivity (Wildman–Crippen MR) is 97.4 cm³/mol. The summed E-state index contributed by atoms with van der Waals surface area (Å²) in [5.74, 6) is 0.616. The van der Waals surface area contributed by atoms with E-state index in [9.17, 15) is 9.50 Å². The largest absolute Gasteiger partial charge is 0.491 e. The number of nitrogens with zero attached hydrogens (tertiary/aromatic N) is 1. The Morgan fingerprint density at radius 1 is 1.20 bits per heavy atom. The van der Waals surface area contributed by atoms with Crippen molar-refractivity contribution in [1.29, 1.82) is 0 Å². The normalized spacial score (nSPS) is 19.1. The molecule has 25 heavy (non-hydrogen) atoms. The van der Waals surface area contributed by atoms with Gasteiger partial charge in [0.1, 0.15) is 24.3 Å². The zero-order valence-corrected chi connectivity index (χ0v) is 14.9. The van der Waals surface area contributed by atoms with Crippen molar-refractivity contribution in [3.63, 3.8) is 0 Å². The summed E-state index contributed by atoms with van der Waals surface area (Å²) >= 11 is 0. The fourth-order valence-electron chi connectivity index (χ4n) is 3.48. The van der Waals surface area contributed by atoms with Gasteiger partial charge < -0.3 is 9.84 Å². The van der Waals surface area contributed by atoms with E-state index in [1.165, 1.54) is 12.1 Å². The standard InChI is InChI=1S/C21H26FNO2/c1-15-5-6-16(2)21(12-15)25-14-19(24)13-23-11-3-4-20(23)17-7-9-18(22)10-8-17/h5-10,12,19-20,24H,3-4,11,13-14H2,1-2H3. The lowest BCUT2D eigenvalue weighted by Gasteiger charge is -2.27. The lowest BCUT2D eigenvalue weighted by atomic mass is 10.0. The maximum Gasteiger partial charge on any atom is 0.123 e. The molecule has 1 fully saturated rings. The monoisotopic (exact) mass is 343 g/mol. The molecule has 0 aromatic heterocycles. The fourth-order valence-corrected chi connectivity index (χ4v) is 3.48. The van der Waals surface area contributed by atoms with Gasteiger partial charge >= 0.3 is 0 Å². The van der Waals surface area contributed by atoms with Crippen LogP contribution in [0.2, 0.25) is 0 Å². The number of ether oxygens (including phenoxy) is 1. The van der Waals surface area contributed by atoms with Crippen molar-refractivity contribution < 1.29 is 14.2 Å². The second-order valence-corrected chi connectivity index (χ2v) is 6.94. The summed E-state index contributed by atoms with van der Waals surface area (Å²) in [6.07, 6.45) is 1.57. The minimum Gasteiger partial charge on any atom is -0.491 e. The molecule has 2 aromatic carbocycles. The molecule has 1 N–H and O–H groups in total. The van der Waals surface area contributed by atoms with E-state index < -0.39 is 6.10 Å². The van der Waals surface area contributed by atoms with Crippen LogP contribution in [0.15, 0.2) is 42.5 Å². The Balaban J connectivity index is 1.57. The van der Waals surface area contributed by atoms with E-state index >= 15 is 0 Å². The first-order valence-electron chi connectivity index (χ1n) is 8.90. The third-order valence-electron chi connectivity index (χ3n) is 4.84. The van der Waals surface area contributed by atoms with Crippen molar-refractivity contribution >= 4 is 0 Å². The second kappa shape index (κ2) is 7.98. The molecule has 2 atom stereocenters. The molecule has 1 aliphatic rings. The van der Waals surface area contributed by atoms with Crippen molar-refractivity contribution in [3.8, 4) is 5.75 Å². The van der Waals surface area contributed by atoms with Crippen molar-refractivity contribution in [1.82, 2.24) is 4.90 Å². The molecular weight excluding hydrogens is 317 g/mol. The number of halogens is 1. The highest BCUT2D eigenvalue weighted by molar-refractivity contribution is 5.36. The molecule has 134 valence electrons. The van der Waals surface area contributed by atoms with Crippen LogP contribution in [0.5, 0.6) is 5.75 Å². The fraction of sp³-hybridized carbons (Fsp3) is 0.429. The third kappa shape index (κ3) is 4.59. The molecule has 0 bridgehead atoms. The topological polar surface area (TPSA) is 32.7 Å². The van der Waals surface area contributed by atoms with E-state index in [0.29, 0.717) is 6.54 Å². The van der Waals surface area contributed by atoms with Gasteiger partial charge in [0.25, 0.3) is 0 Å². The molecule has 2 unspecified atom stereocenters. The van der Waals surface area contributed by atoms with Crippen molar-refractivity contribution in [2.24, 2.45) is 0 Å². The summed E-state index contributed by atoms with van der Waals surface area (Å²) in [6.45, 7) is 5.82. The number of hydrogen-bond acceptors (Lipinski definition) is 3. The molecular formula is C21H26FNO2. The smallest absolute Gasteiger partial charge is 0.123 e.